The van der Waals surface area contributed by atoms with Crippen molar-refractivity contribution >= 4 is 45.3 Å². The highest BCUT2D eigenvalue weighted by atomic mass is 32.2. The summed E-state index contributed by atoms with van der Waals surface area (Å²) in [7, 11) is -3.58. The van der Waals surface area contributed by atoms with Crippen molar-refractivity contribution in [3.05, 3.63) is 60.2 Å². The number of anilines is 1. The van der Waals surface area contributed by atoms with Gasteiger partial charge in [-0.25, -0.2) is 18.4 Å². The van der Waals surface area contributed by atoms with Crippen molar-refractivity contribution in [2.75, 3.05) is 5.73 Å². The highest BCUT2D eigenvalue weighted by molar-refractivity contribution is 8.01. The van der Waals surface area contributed by atoms with Gasteiger partial charge in [0.1, 0.15) is 23.5 Å². The fourth-order valence-electron chi connectivity index (χ4n) is 3.86. The maximum absolute atomic E-state index is 12.3. The minimum Gasteiger partial charge on any atom is -0.480 e. The molecule has 2 aliphatic rings. The second kappa shape index (κ2) is 9.85. The van der Waals surface area contributed by atoms with Crippen molar-refractivity contribution in [1.82, 2.24) is 10.2 Å². The Hall–Kier alpha value is -3.13. The number of hydrogen-bond acceptors (Lipinski definition) is 8. The molecule has 0 bridgehead atoms. The number of nitrogens with one attached hydrogen (secondary N) is 1. The minimum absolute atomic E-state index is 0.0756. The molecule has 2 aromatic carbocycles. The van der Waals surface area contributed by atoms with Crippen LogP contribution in [-0.2, 0) is 24.4 Å². The number of thioether (sulfide) groups is 1. The number of rotatable bonds is 5. The van der Waals surface area contributed by atoms with E-state index in [1.807, 2.05) is 6.07 Å². The Balaban J connectivity index is 0.000000261. The van der Waals surface area contributed by atoms with Gasteiger partial charge in [-0.2, -0.15) is 0 Å². The van der Waals surface area contributed by atoms with E-state index in [1.54, 1.807) is 38.1 Å². The van der Waals surface area contributed by atoms with E-state index in [0.29, 0.717) is 11.3 Å². The SMILES string of the molecule is CC1(C)S[C@@H]2[C@H](NC(=O)[C@H](N)c3ccccc3)C(=O)N2[C@H]1C(=O)O.Nc1ccc(S(N)(=O)=O)cc1. The molecule has 0 aromatic heterocycles. The zero-order valence-electron chi connectivity index (χ0n) is 19.0. The molecule has 0 radical (unpaired) electrons. The van der Waals surface area contributed by atoms with Crippen molar-refractivity contribution in [3.63, 3.8) is 0 Å². The topological polar surface area (TPSA) is 199 Å². The highest BCUT2D eigenvalue weighted by Crippen LogP contribution is 2.50. The third-order valence-electron chi connectivity index (χ3n) is 5.62. The molecule has 0 unspecified atom stereocenters. The Kier molecular flexibility index (Phi) is 7.45. The van der Waals surface area contributed by atoms with Crippen LogP contribution in [0.15, 0.2) is 59.5 Å². The molecule has 35 heavy (non-hydrogen) atoms. The van der Waals surface area contributed by atoms with Crippen LogP contribution in [0, 0.1) is 0 Å². The molecular weight excluding hydrogens is 494 g/mol. The van der Waals surface area contributed by atoms with Crippen LogP contribution in [0.3, 0.4) is 0 Å². The molecule has 0 spiro atoms. The average molecular weight is 522 g/mol. The summed E-state index contributed by atoms with van der Waals surface area (Å²) < 4.78 is 20.7. The number of sulfonamides is 1. The zero-order valence-corrected chi connectivity index (χ0v) is 20.6. The number of carbonyl (C=O) groups is 3. The lowest BCUT2D eigenvalue weighted by atomic mass is 9.95. The van der Waals surface area contributed by atoms with Crippen LogP contribution >= 0.6 is 11.8 Å². The van der Waals surface area contributed by atoms with Crippen molar-refractivity contribution in [1.29, 1.82) is 0 Å². The molecule has 0 saturated carbocycles. The lowest BCUT2D eigenvalue weighted by molar-refractivity contribution is -0.161. The summed E-state index contributed by atoms with van der Waals surface area (Å²) in [6.45, 7) is 3.58. The first-order chi connectivity index (χ1) is 16.2. The van der Waals surface area contributed by atoms with Gasteiger partial charge in [0.15, 0.2) is 0 Å². The number of nitrogens with two attached hydrogens (primary N) is 3. The van der Waals surface area contributed by atoms with Crippen LogP contribution in [0.25, 0.3) is 0 Å². The van der Waals surface area contributed by atoms with Gasteiger partial charge >= 0.3 is 5.97 Å². The van der Waals surface area contributed by atoms with Crippen molar-refractivity contribution in [3.8, 4) is 0 Å². The smallest absolute Gasteiger partial charge is 0.327 e. The van der Waals surface area contributed by atoms with Crippen LogP contribution in [0.5, 0.6) is 0 Å². The molecule has 11 nitrogen and oxygen atoms in total. The fourth-order valence-corrected chi connectivity index (χ4v) is 6.00. The number of primary sulfonamides is 1. The van der Waals surface area contributed by atoms with E-state index in [-0.39, 0.29) is 16.2 Å². The predicted octanol–water partition coefficient (Wildman–Crippen LogP) is 0.234. The van der Waals surface area contributed by atoms with Gasteiger partial charge in [-0.05, 0) is 43.7 Å². The Bertz CT molecular complexity index is 1220. The van der Waals surface area contributed by atoms with Crippen LogP contribution in [0.4, 0.5) is 5.69 Å². The normalized spacial score (nSPS) is 23.3. The second-order valence-corrected chi connectivity index (χ2v) is 11.9. The van der Waals surface area contributed by atoms with E-state index in [1.165, 1.54) is 40.9 Å². The lowest BCUT2D eigenvalue weighted by Crippen LogP contribution is -2.71. The first-order valence-corrected chi connectivity index (χ1v) is 12.9. The number of carboxylic acids is 1. The standard InChI is InChI=1S/C16H19N3O4S.C6H8N2O2S/c1-16(2)11(15(22)23)19-13(21)10(14(19)24-16)18-12(20)9(17)8-6-4-3-5-7-8;7-5-1-3-6(4-2-5)11(8,9)10/h3-7,9-11,14H,17H2,1-2H3,(H,18,20)(H,22,23);1-4H,7H2,(H2,8,9,10)/t9-,10-,11+,14-;/m1./s1. The van der Waals surface area contributed by atoms with Gasteiger partial charge in [0.25, 0.3) is 0 Å². The monoisotopic (exact) mass is 521 g/mol. The number of carbonyl (C=O) groups excluding carboxylic acids is 2. The number of amides is 2. The third-order valence-corrected chi connectivity index (χ3v) is 8.12. The molecule has 2 fully saturated rings. The van der Waals surface area contributed by atoms with Gasteiger partial charge in [-0.3, -0.25) is 9.59 Å². The van der Waals surface area contributed by atoms with Crippen LogP contribution < -0.4 is 21.9 Å². The Morgan fingerprint density at radius 2 is 1.69 bits per heavy atom. The van der Waals surface area contributed by atoms with E-state index in [0.717, 1.165) is 0 Å². The maximum atomic E-state index is 12.3. The van der Waals surface area contributed by atoms with E-state index in [2.05, 4.69) is 5.32 Å². The summed E-state index contributed by atoms with van der Waals surface area (Å²) in [5, 5.41) is 16.5. The van der Waals surface area contributed by atoms with Gasteiger partial charge in [0.2, 0.25) is 21.8 Å². The number of aliphatic carboxylic acids is 1. The lowest BCUT2D eigenvalue weighted by Gasteiger charge is -2.43. The van der Waals surface area contributed by atoms with Gasteiger partial charge in [-0.1, -0.05) is 30.3 Å². The molecule has 4 atom stereocenters. The van der Waals surface area contributed by atoms with Gasteiger partial charge in [0, 0.05) is 10.4 Å². The highest BCUT2D eigenvalue weighted by Gasteiger charge is 2.64. The summed E-state index contributed by atoms with van der Waals surface area (Å²) in [6.07, 6.45) is 0. The van der Waals surface area contributed by atoms with Gasteiger partial charge in [0.05, 0.1) is 4.90 Å². The molecule has 2 amide bonds. The van der Waals surface area contributed by atoms with Gasteiger partial charge < -0.3 is 26.8 Å². The van der Waals surface area contributed by atoms with Crippen LogP contribution in [0.2, 0.25) is 0 Å². The number of fused-ring (bicyclic) bond motifs is 1. The van der Waals surface area contributed by atoms with Crippen molar-refractivity contribution < 1.29 is 27.9 Å². The average Bonchev–Trinajstić information content (AvgIpc) is 3.05. The van der Waals surface area contributed by atoms with E-state index in [4.69, 9.17) is 16.6 Å². The number of β-lactam (4-membered cyclic amide) rings is 1. The van der Waals surface area contributed by atoms with Crippen LogP contribution in [-0.4, -0.2) is 58.4 Å². The third kappa shape index (κ3) is 5.59. The summed E-state index contributed by atoms with van der Waals surface area (Å²) in [4.78, 5) is 37.5. The van der Waals surface area contributed by atoms with E-state index < -0.39 is 44.8 Å². The first-order valence-electron chi connectivity index (χ1n) is 10.5. The summed E-state index contributed by atoms with van der Waals surface area (Å²) in [5.41, 5.74) is 12.4. The first kappa shape index (κ1) is 26.5. The molecule has 8 N–H and O–H groups in total. The molecule has 2 aliphatic heterocycles. The number of nitrogen functional groups attached to an aromatic ring is 1. The maximum Gasteiger partial charge on any atom is 0.327 e. The molecule has 2 aromatic rings. The molecule has 13 heteroatoms. The molecule has 0 aliphatic carbocycles. The van der Waals surface area contributed by atoms with E-state index >= 15 is 0 Å². The van der Waals surface area contributed by atoms with Crippen molar-refractivity contribution in [2.24, 2.45) is 10.9 Å². The molecular formula is C22H27N5O6S2. The second-order valence-electron chi connectivity index (χ2n) is 8.59. The molecule has 188 valence electrons. The minimum atomic E-state index is -3.58. The Morgan fingerprint density at radius 3 is 2.20 bits per heavy atom. The molecule has 2 saturated heterocycles. The summed E-state index contributed by atoms with van der Waals surface area (Å²) in [6, 6.07) is 12.1. The fraction of sp³-hybridized carbons (Fsp3) is 0.318. The number of nitrogens with zero attached hydrogens (tertiary/aromatic N) is 1. The molecule has 4 rings (SSSR count). The number of carboxylic acid groups (broad SMARTS) is 1. The predicted molar refractivity (Wildman–Crippen MR) is 131 cm³/mol. The Labute approximate surface area is 207 Å². The summed E-state index contributed by atoms with van der Waals surface area (Å²) >= 11 is 1.38. The van der Waals surface area contributed by atoms with Crippen molar-refractivity contribution in [2.45, 2.75) is 47.0 Å². The van der Waals surface area contributed by atoms with Gasteiger partial charge in [-0.15, -0.1) is 11.8 Å². The Morgan fingerprint density at radius 1 is 1.11 bits per heavy atom. The zero-order chi connectivity index (χ0) is 26.1. The quantitative estimate of drug-likeness (QED) is 0.270. The largest absolute Gasteiger partial charge is 0.480 e. The molecule has 2 heterocycles. The summed E-state index contributed by atoms with van der Waals surface area (Å²) in [5.74, 6) is -1.86. The van der Waals surface area contributed by atoms with Crippen LogP contribution in [0.1, 0.15) is 25.5 Å². The number of benzene rings is 2. The number of hydrogen-bond donors (Lipinski definition) is 5. The van der Waals surface area contributed by atoms with E-state index in [9.17, 15) is 27.9 Å².